The van der Waals surface area contributed by atoms with E-state index in [4.69, 9.17) is 0 Å². The number of hydrogen-bond donors (Lipinski definition) is 1. The van der Waals surface area contributed by atoms with Gasteiger partial charge in [0.1, 0.15) is 0 Å². The molecule has 3 saturated carbocycles. The van der Waals surface area contributed by atoms with Gasteiger partial charge < -0.3 is 5.11 Å². The summed E-state index contributed by atoms with van der Waals surface area (Å²) >= 11 is 0. The number of likely N-dealkylation sites (tertiary alicyclic amines) is 1. The fraction of sp³-hybridized carbons (Fsp3) is 0.500. The van der Waals surface area contributed by atoms with Gasteiger partial charge in [-0.15, -0.1) is 0 Å². The normalized spacial score (nSPS) is 37.1. The summed E-state index contributed by atoms with van der Waals surface area (Å²) in [7, 11) is 0. The minimum atomic E-state index is -0.200. The maximum atomic E-state index is 11.3. The molecule has 1 saturated heterocycles. The van der Waals surface area contributed by atoms with E-state index >= 15 is 0 Å². The molecule has 1 aliphatic heterocycles. The van der Waals surface area contributed by atoms with Crippen molar-refractivity contribution in [1.82, 2.24) is 4.90 Å². The first kappa shape index (κ1) is 16.5. The van der Waals surface area contributed by atoms with Crippen LogP contribution in [-0.4, -0.2) is 34.7 Å². The Kier molecular flexibility index (Phi) is 4.14. The lowest BCUT2D eigenvalue weighted by Gasteiger charge is -2.60. The Morgan fingerprint density at radius 1 is 0.731 bits per heavy atom. The Hall–Kier alpha value is -1.64. The van der Waals surface area contributed by atoms with Gasteiger partial charge in [0.15, 0.2) is 0 Å². The lowest BCUT2D eigenvalue weighted by molar-refractivity contribution is -0.0988. The Labute approximate surface area is 156 Å². The molecule has 1 heterocycles. The molecular formula is C24H29NO. The van der Waals surface area contributed by atoms with Crippen molar-refractivity contribution in [1.29, 1.82) is 0 Å². The van der Waals surface area contributed by atoms with E-state index in [-0.39, 0.29) is 11.6 Å². The molecule has 26 heavy (non-hydrogen) atoms. The predicted molar refractivity (Wildman–Crippen MR) is 105 cm³/mol. The van der Waals surface area contributed by atoms with Gasteiger partial charge in [-0.3, -0.25) is 4.90 Å². The van der Waals surface area contributed by atoms with Gasteiger partial charge in [0.05, 0.1) is 6.10 Å². The van der Waals surface area contributed by atoms with E-state index < -0.39 is 0 Å². The van der Waals surface area contributed by atoms with Gasteiger partial charge in [-0.25, -0.2) is 0 Å². The molecule has 6 rings (SSSR count). The minimum Gasteiger partial charge on any atom is -0.393 e. The van der Waals surface area contributed by atoms with Gasteiger partial charge in [0.25, 0.3) is 0 Å². The molecule has 4 aliphatic rings. The first-order valence-corrected chi connectivity index (χ1v) is 10.3. The third-order valence-corrected chi connectivity index (χ3v) is 7.39. The maximum absolute atomic E-state index is 11.3. The third kappa shape index (κ3) is 2.62. The molecule has 3 aliphatic carbocycles. The van der Waals surface area contributed by atoms with Crippen LogP contribution in [0.1, 0.15) is 55.1 Å². The van der Waals surface area contributed by atoms with E-state index in [2.05, 4.69) is 65.6 Å². The van der Waals surface area contributed by atoms with Gasteiger partial charge in [-0.05, 0) is 74.1 Å². The Balaban J connectivity index is 1.59. The largest absolute Gasteiger partial charge is 0.393 e. The van der Waals surface area contributed by atoms with Gasteiger partial charge >= 0.3 is 0 Å². The summed E-state index contributed by atoms with van der Waals surface area (Å²) in [6.45, 7) is 2.42. The Morgan fingerprint density at radius 2 is 1.23 bits per heavy atom. The van der Waals surface area contributed by atoms with Crippen LogP contribution >= 0.6 is 0 Å². The number of hydrogen-bond acceptors (Lipinski definition) is 2. The average Bonchev–Trinajstić information content (AvgIpc) is 3.25. The summed E-state index contributed by atoms with van der Waals surface area (Å²) in [5.74, 6) is 1.25. The highest BCUT2D eigenvalue weighted by molar-refractivity contribution is 5.32. The number of fused-ring (bicyclic) bond motifs is 3. The Bertz CT molecular complexity index is 688. The smallest absolute Gasteiger partial charge is 0.0597 e. The van der Waals surface area contributed by atoms with E-state index in [9.17, 15) is 5.11 Å². The fourth-order valence-electron chi connectivity index (χ4n) is 6.34. The second-order valence-corrected chi connectivity index (χ2v) is 8.71. The molecule has 2 aromatic carbocycles. The van der Waals surface area contributed by atoms with Crippen LogP contribution in [0.25, 0.3) is 0 Å². The third-order valence-electron chi connectivity index (χ3n) is 7.39. The van der Waals surface area contributed by atoms with Crippen LogP contribution in [0.15, 0.2) is 60.7 Å². The van der Waals surface area contributed by atoms with Crippen LogP contribution in [0.3, 0.4) is 0 Å². The van der Waals surface area contributed by atoms with Crippen LogP contribution < -0.4 is 0 Å². The summed E-state index contributed by atoms with van der Waals surface area (Å²) in [5, 5.41) is 11.3. The standard InChI is InChI=1S/C24H29NO/c26-22-17-24(25-13-7-8-14-25)15-20(18-9-3-1-4-10-18)23(22)21(16-24)19-11-5-2-6-12-19/h1-6,9-12,20-23,26H,7-8,13-17H2/t20-,21-,22?,23?,24?/m0/s1. The zero-order chi connectivity index (χ0) is 17.6. The topological polar surface area (TPSA) is 23.5 Å². The molecule has 2 aromatic rings. The molecule has 2 bridgehead atoms. The van der Waals surface area contributed by atoms with Crippen LogP contribution in [0.5, 0.6) is 0 Å². The minimum absolute atomic E-state index is 0.172. The van der Waals surface area contributed by atoms with Crippen molar-refractivity contribution >= 4 is 0 Å². The second kappa shape index (κ2) is 6.51. The number of aliphatic hydroxyl groups excluding tert-OH is 1. The highest BCUT2D eigenvalue weighted by Crippen LogP contribution is 2.60. The highest BCUT2D eigenvalue weighted by atomic mass is 16.3. The van der Waals surface area contributed by atoms with Crippen LogP contribution in [-0.2, 0) is 0 Å². The number of benzene rings is 2. The van der Waals surface area contributed by atoms with Crippen molar-refractivity contribution in [2.24, 2.45) is 5.92 Å². The van der Waals surface area contributed by atoms with E-state index in [1.165, 1.54) is 49.9 Å². The van der Waals surface area contributed by atoms with Crippen molar-refractivity contribution < 1.29 is 5.11 Å². The molecular weight excluding hydrogens is 318 g/mol. The van der Waals surface area contributed by atoms with Gasteiger partial charge in [-0.2, -0.15) is 0 Å². The van der Waals surface area contributed by atoms with Crippen molar-refractivity contribution in [3.05, 3.63) is 71.8 Å². The van der Waals surface area contributed by atoms with Crippen LogP contribution in [0, 0.1) is 5.92 Å². The summed E-state index contributed by atoms with van der Waals surface area (Å²) in [6.07, 6.45) is 5.81. The van der Waals surface area contributed by atoms with Gasteiger partial charge in [-0.1, -0.05) is 60.7 Å². The van der Waals surface area contributed by atoms with Crippen molar-refractivity contribution in [2.45, 2.75) is 55.6 Å². The second-order valence-electron chi connectivity index (χ2n) is 8.71. The lowest BCUT2D eigenvalue weighted by Crippen LogP contribution is -2.62. The predicted octanol–water partition coefficient (Wildman–Crippen LogP) is 4.56. The molecule has 3 atom stereocenters. The molecule has 0 spiro atoms. The van der Waals surface area contributed by atoms with Gasteiger partial charge in [0.2, 0.25) is 0 Å². The lowest BCUT2D eigenvalue weighted by atomic mass is 9.51. The van der Waals surface area contributed by atoms with E-state index in [0.717, 1.165) is 6.42 Å². The SMILES string of the molecule is OC1CC2(N3CCCC3)C[C@@H](c3ccccc3)C1[C@H](c1ccccc1)C2. The van der Waals surface area contributed by atoms with Crippen LogP contribution in [0.4, 0.5) is 0 Å². The maximum Gasteiger partial charge on any atom is 0.0597 e. The molecule has 1 unspecified atom stereocenters. The summed E-state index contributed by atoms with van der Waals surface area (Å²) in [6, 6.07) is 21.9. The fourth-order valence-corrected chi connectivity index (χ4v) is 6.34. The molecule has 0 amide bonds. The zero-order valence-corrected chi connectivity index (χ0v) is 15.4. The quantitative estimate of drug-likeness (QED) is 0.879. The molecule has 136 valence electrons. The van der Waals surface area contributed by atoms with E-state index in [1.807, 2.05) is 0 Å². The van der Waals surface area contributed by atoms with Crippen LogP contribution in [0.2, 0.25) is 0 Å². The van der Waals surface area contributed by atoms with E-state index in [1.54, 1.807) is 0 Å². The summed E-state index contributed by atoms with van der Waals surface area (Å²) < 4.78 is 0. The molecule has 0 radical (unpaired) electrons. The monoisotopic (exact) mass is 347 g/mol. The molecule has 0 aromatic heterocycles. The molecule has 2 heteroatoms. The van der Waals surface area contributed by atoms with E-state index in [0.29, 0.717) is 17.8 Å². The first-order valence-electron chi connectivity index (χ1n) is 10.3. The Morgan fingerprint density at radius 3 is 1.73 bits per heavy atom. The van der Waals surface area contributed by atoms with Crippen molar-refractivity contribution in [3.63, 3.8) is 0 Å². The number of nitrogens with zero attached hydrogens (tertiary/aromatic N) is 1. The average molecular weight is 348 g/mol. The summed E-state index contributed by atoms with van der Waals surface area (Å²) in [5.41, 5.74) is 3.01. The number of aliphatic hydroxyl groups is 1. The first-order chi connectivity index (χ1) is 12.8. The molecule has 2 nitrogen and oxygen atoms in total. The molecule has 1 N–H and O–H groups in total. The number of rotatable bonds is 3. The zero-order valence-electron chi connectivity index (χ0n) is 15.4. The van der Waals surface area contributed by atoms with Gasteiger partial charge in [0, 0.05) is 5.54 Å². The molecule has 4 fully saturated rings. The van der Waals surface area contributed by atoms with Crippen molar-refractivity contribution in [2.75, 3.05) is 13.1 Å². The summed E-state index contributed by atoms with van der Waals surface area (Å²) in [4.78, 5) is 2.73. The van der Waals surface area contributed by atoms with Crippen molar-refractivity contribution in [3.8, 4) is 0 Å². The highest BCUT2D eigenvalue weighted by Gasteiger charge is 2.57.